The molecule has 1 N–H and O–H groups in total. The molecule has 0 aliphatic carbocycles. The van der Waals surface area contributed by atoms with E-state index in [0.717, 1.165) is 0 Å². The zero-order chi connectivity index (χ0) is 10.7. The Morgan fingerprint density at radius 2 is 2.20 bits per heavy atom. The number of hydrogen-bond donors (Lipinski definition) is 2. The van der Waals surface area contributed by atoms with Crippen LogP contribution in [0.25, 0.3) is 6.08 Å². The molecule has 1 rings (SSSR count). The van der Waals surface area contributed by atoms with Gasteiger partial charge in [-0.05, 0) is 6.92 Å². The van der Waals surface area contributed by atoms with Gasteiger partial charge >= 0.3 is 0 Å². The van der Waals surface area contributed by atoms with E-state index in [1.807, 2.05) is 0 Å². The van der Waals surface area contributed by atoms with Crippen molar-refractivity contribution in [1.82, 2.24) is 4.98 Å². The Balaban J connectivity index is 0.00000196. The van der Waals surface area contributed by atoms with E-state index < -0.39 is 6.08 Å². The summed E-state index contributed by atoms with van der Waals surface area (Å²) in [5.74, 6) is 0.115. The zero-order valence-corrected chi connectivity index (χ0v) is 9.58. The topological polar surface area (TPSA) is 33.1 Å². The Bertz CT molecular complexity index is 381. The third kappa shape index (κ3) is 3.35. The number of aryl methyl sites for hydroxylation is 1. The van der Waals surface area contributed by atoms with Gasteiger partial charge in [0.2, 0.25) is 0 Å². The molecule has 6 heteroatoms. The van der Waals surface area contributed by atoms with Crippen molar-refractivity contribution in [3.05, 3.63) is 29.1 Å². The zero-order valence-electron chi connectivity index (χ0n) is 7.87. The van der Waals surface area contributed by atoms with Gasteiger partial charge in [-0.15, -0.1) is 12.4 Å². The lowest BCUT2D eigenvalue weighted by Gasteiger charge is -2.07. The van der Waals surface area contributed by atoms with Crippen molar-refractivity contribution in [2.45, 2.75) is 12.7 Å². The largest absolute Gasteiger partial charge is 0.506 e. The molecular weight excluding hydrogens is 244 g/mol. The smallest absolute Gasteiger partial charge is 0.270 e. The van der Waals surface area contributed by atoms with Crippen LogP contribution < -0.4 is 0 Å². The van der Waals surface area contributed by atoms with Crippen LogP contribution in [0.3, 0.4) is 0 Å². The van der Waals surface area contributed by atoms with Crippen LogP contribution in [0, 0.1) is 6.92 Å². The van der Waals surface area contributed by atoms with Gasteiger partial charge < -0.3 is 5.11 Å². The fourth-order valence-electron chi connectivity index (χ4n) is 1.07. The van der Waals surface area contributed by atoms with Crippen LogP contribution in [0.4, 0.5) is 8.78 Å². The van der Waals surface area contributed by atoms with Gasteiger partial charge in [0, 0.05) is 29.2 Å². The molecule has 1 heterocycles. The predicted octanol–water partition coefficient (Wildman–Crippen LogP) is 3.18. The summed E-state index contributed by atoms with van der Waals surface area (Å²) in [6, 6.07) is 0. The molecule has 0 saturated heterocycles. The first-order valence-corrected chi connectivity index (χ1v) is 4.50. The van der Waals surface area contributed by atoms with E-state index in [2.05, 4.69) is 17.6 Å². The number of pyridine rings is 1. The minimum atomic E-state index is -1.82. The molecule has 0 radical (unpaired) electrons. The second-order valence-corrected chi connectivity index (χ2v) is 3.03. The van der Waals surface area contributed by atoms with Crippen LogP contribution in [0.1, 0.15) is 16.8 Å². The molecule has 0 unspecified atom stereocenters. The van der Waals surface area contributed by atoms with Gasteiger partial charge in [-0.25, -0.2) is 0 Å². The maximum Gasteiger partial charge on any atom is 0.270 e. The summed E-state index contributed by atoms with van der Waals surface area (Å²) in [5, 5.41) is 9.51. The lowest BCUT2D eigenvalue weighted by atomic mass is 10.1. The SMILES string of the molecule is Cc1ncc(C=C(F)F)c(CS)c1O.Cl. The summed E-state index contributed by atoms with van der Waals surface area (Å²) in [7, 11) is 0. The molecule has 2 nitrogen and oxygen atoms in total. The molecular formula is C9H10ClF2NOS. The monoisotopic (exact) mass is 253 g/mol. The molecule has 0 spiro atoms. The normalized spacial score (nSPS) is 9.33. The number of thiol groups is 1. The first-order valence-electron chi connectivity index (χ1n) is 3.87. The van der Waals surface area contributed by atoms with E-state index in [4.69, 9.17) is 0 Å². The number of nitrogens with zero attached hydrogens (tertiary/aromatic N) is 1. The molecule has 0 atom stereocenters. The van der Waals surface area contributed by atoms with E-state index in [1.54, 1.807) is 6.92 Å². The Kier molecular flexibility index (Phi) is 5.60. The predicted molar refractivity (Wildman–Crippen MR) is 60.8 cm³/mol. The Hall–Kier alpha value is -0.810. The molecule has 0 saturated carbocycles. The summed E-state index contributed by atoms with van der Waals surface area (Å²) < 4.78 is 24.0. The van der Waals surface area contributed by atoms with Crippen molar-refractivity contribution in [2.24, 2.45) is 0 Å². The molecule has 1 aromatic rings. The Labute approximate surface area is 97.9 Å². The highest BCUT2D eigenvalue weighted by atomic mass is 35.5. The first kappa shape index (κ1) is 14.2. The van der Waals surface area contributed by atoms with Gasteiger partial charge in [0.15, 0.2) is 0 Å². The number of hydrogen-bond acceptors (Lipinski definition) is 3. The van der Waals surface area contributed by atoms with Crippen molar-refractivity contribution in [1.29, 1.82) is 0 Å². The summed E-state index contributed by atoms with van der Waals surface area (Å²) >= 11 is 3.96. The highest BCUT2D eigenvalue weighted by Crippen LogP contribution is 2.26. The molecule has 15 heavy (non-hydrogen) atoms. The van der Waals surface area contributed by atoms with Gasteiger partial charge in [-0.2, -0.15) is 21.4 Å². The van der Waals surface area contributed by atoms with Gasteiger partial charge in [-0.3, -0.25) is 4.98 Å². The van der Waals surface area contributed by atoms with Crippen LogP contribution in [0.2, 0.25) is 0 Å². The minimum Gasteiger partial charge on any atom is -0.506 e. The average Bonchev–Trinajstić information content (AvgIpc) is 2.11. The number of halogens is 3. The van der Waals surface area contributed by atoms with Gasteiger partial charge in [0.25, 0.3) is 6.08 Å². The van der Waals surface area contributed by atoms with Crippen molar-refractivity contribution < 1.29 is 13.9 Å². The van der Waals surface area contributed by atoms with Gasteiger partial charge in [0.05, 0.1) is 5.69 Å². The highest BCUT2D eigenvalue weighted by molar-refractivity contribution is 7.79. The maximum atomic E-state index is 12.0. The van der Waals surface area contributed by atoms with Crippen LogP contribution in [0.15, 0.2) is 12.3 Å². The second kappa shape index (κ2) is 5.92. The van der Waals surface area contributed by atoms with Crippen LogP contribution in [-0.2, 0) is 5.75 Å². The van der Waals surface area contributed by atoms with Crippen LogP contribution in [0.5, 0.6) is 5.75 Å². The van der Waals surface area contributed by atoms with E-state index in [9.17, 15) is 13.9 Å². The standard InChI is InChI=1S/C9H9F2NOS.ClH/c1-5-9(13)7(4-14)6(3-12-5)2-8(10)11;/h2-3,13-14H,4H2,1H3;1H. The quantitative estimate of drug-likeness (QED) is 0.794. The minimum absolute atomic E-state index is 0. The molecule has 0 aliphatic heterocycles. The van der Waals surface area contributed by atoms with E-state index in [1.165, 1.54) is 6.20 Å². The second-order valence-electron chi connectivity index (χ2n) is 2.72. The van der Waals surface area contributed by atoms with Crippen LogP contribution >= 0.6 is 25.0 Å². The fourth-order valence-corrected chi connectivity index (χ4v) is 1.40. The maximum absolute atomic E-state index is 12.0. The molecule has 84 valence electrons. The lowest BCUT2D eigenvalue weighted by Crippen LogP contribution is -1.92. The summed E-state index contributed by atoms with van der Waals surface area (Å²) in [6.45, 7) is 1.60. The third-order valence-electron chi connectivity index (χ3n) is 1.80. The van der Waals surface area contributed by atoms with Gasteiger partial charge in [0.1, 0.15) is 5.75 Å². The van der Waals surface area contributed by atoms with Crippen molar-refractivity contribution in [3.63, 3.8) is 0 Å². The lowest BCUT2D eigenvalue weighted by molar-refractivity contribution is 0.429. The molecule has 0 amide bonds. The van der Waals surface area contributed by atoms with E-state index >= 15 is 0 Å². The molecule has 0 fully saturated rings. The van der Waals surface area contributed by atoms with Crippen LogP contribution in [-0.4, -0.2) is 10.1 Å². The molecule has 1 aromatic heterocycles. The van der Waals surface area contributed by atoms with Crippen molar-refractivity contribution in [2.75, 3.05) is 0 Å². The van der Waals surface area contributed by atoms with Crippen molar-refractivity contribution in [3.8, 4) is 5.75 Å². The molecule has 0 bridgehead atoms. The summed E-state index contributed by atoms with van der Waals surface area (Å²) in [6.07, 6.45) is 0.135. The highest BCUT2D eigenvalue weighted by Gasteiger charge is 2.09. The fraction of sp³-hybridized carbons (Fsp3) is 0.222. The van der Waals surface area contributed by atoms with E-state index in [-0.39, 0.29) is 29.5 Å². The van der Waals surface area contributed by atoms with E-state index in [0.29, 0.717) is 17.3 Å². The third-order valence-corrected chi connectivity index (χ3v) is 2.11. The molecule has 0 aliphatic rings. The number of rotatable bonds is 2. The van der Waals surface area contributed by atoms with Gasteiger partial charge in [-0.1, -0.05) is 0 Å². The number of aromatic nitrogens is 1. The summed E-state index contributed by atoms with van der Waals surface area (Å²) in [5.41, 5.74) is 0.974. The Morgan fingerprint density at radius 3 is 2.67 bits per heavy atom. The average molecular weight is 254 g/mol. The Morgan fingerprint density at radius 1 is 1.60 bits per heavy atom. The summed E-state index contributed by atoms with van der Waals surface area (Å²) in [4.78, 5) is 3.78. The van der Waals surface area contributed by atoms with Crippen molar-refractivity contribution >= 4 is 31.1 Å². The first-order chi connectivity index (χ1) is 6.56. The molecule has 0 aromatic carbocycles. The number of aromatic hydroxyl groups is 1.